The Balaban J connectivity index is 1.68. The van der Waals surface area contributed by atoms with Crippen molar-refractivity contribution in [3.05, 3.63) is 70.6 Å². The van der Waals surface area contributed by atoms with Crippen LogP contribution < -0.4 is 15.7 Å². The van der Waals surface area contributed by atoms with Crippen molar-refractivity contribution in [2.75, 3.05) is 5.32 Å². The van der Waals surface area contributed by atoms with Crippen LogP contribution in [0.2, 0.25) is 0 Å². The maximum Gasteiger partial charge on any atom is 0.416 e. The predicted molar refractivity (Wildman–Crippen MR) is 92.6 cm³/mol. The molecule has 0 radical (unpaired) electrons. The first-order valence-electron chi connectivity index (χ1n) is 7.91. The molecular weight excluding hydrogens is 363 g/mol. The van der Waals surface area contributed by atoms with Gasteiger partial charge in [0.2, 0.25) is 0 Å². The van der Waals surface area contributed by atoms with Gasteiger partial charge in [0.25, 0.3) is 5.91 Å². The number of benzene rings is 2. The van der Waals surface area contributed by atoms with Gasteiger partial charge < -0.3 is 14.5 Å². The fourth-order valence-corrected chi connectivity index (χ4v) is 2.36. The molecule has 0 bridgehead atoms. The molecule has 0 saturated carbocycles. The minimum Gasteiger partial charge on any atom is -0.481 e. The van der Waals surface area contributed by atoms with E-state index in [1.165, 1.54) is 19.1 Å². The molecule has 0 unspecified atom stereocenters. The molecule has 1 N–H and O–H groups in total. The number of anilines is 1. The van der Waals surface area contributed by atoms with Crippen molar-refractivity contribution in [3.8, 4) is 5.75 Å². The summed E-state index contributed by atoms with van der Waals surface area (Å²) in [7, 11) is 0. The Bertz CT molecular complexity index is 1030. The standard InChI is InChI=1S/C19H14F3NO4/c1-11(18(25)23-14-6-4-13(5-7-14)19(20,21)22)26-15-8-2-12-3-9-17(24)27-16(12)10-15/h2-11H,1H3,(H,23,25)/t11-/m0/s1. The summed E-state index contributed by atoms with van der Waals surface area (Å²) >= 11 is 0. The number of fused-ring (bicyclic) bond motifs is 1. The fourth-order valence-electron chi connectivity index (χ4n) is 2.36. The van der Waals surface area contributed by atoms with Crippen LogP contribution in [0.1, 0.15) is 12.5 Å². The quantitative estimate of drug-likeness (QED) is 0.692. The Labute approximate surface area is 151 Å². The number of carbonyl (C=O) groups is 1. The number of amides is 1. The van der Waals surface area contributed by atoms with E-state index in [1.807, 2.05) is 0 Å². The number of halogens is 3. The number of ether oxygens (including phenoxy) is 1. The first-order chi connectivity index (χ1) is 12.7. The van der Waals surface area contributed by atoms with E-state index in [4.69, 9.17) is 9.15 Å². The highest BCUT2D eigenvalue weighted by molar-refractivity contribution is 5.94. The highest BCUT2D eigenvalue weighted by Gasteiger charge is 2.30. The van der Waals surface area contributed by atoms with Crippen molar-refractivity contribution in [3.63, 3.8) is 0 Å². The van der Waals surface area contributed by atoms with Crippen LogP contribution in [0, 0.1) is 0 Å². The van der Waals surface area contributed by atoms with E-state index in [9.17, 15) is 22.8 Å². The van der Waals surface area contributed by atoms with E-state index < -0.39 is 29.4 Å². The maximum absolute atomic E-state index is 12.6. The van der Waals surface area contributed by atoms with Gasteiger partial charge in [0.1, 0.15) is 11.3 Å². The van der Waals surface area contributed by atoms with Crippen molar-refractivity contribution >= 4 is 22.6 Å². The molecule has 140 valence electrons. The first kappa shape index (κ1) is 18.5. The lowest BCUT2D eigenvalue weighted by molar-refractivity contribution is -0.137. The van der Waals surface area contributed by atoms with E-state index in [2.05, 4.69) is 5.32 Å². The van der Waals surface area contributed by atoms with Crippen LogP contribution in [0.3, 0.4) is 0 Å². The molecule has 5 nitrogen and oxygen atoms in total. The minimum absolute atomic E-state index is 0.216. The van der Waals surface area contributed by atoms with Crippen LogP contribution in [-0.4, -0.2) is 12.0 Å². The molecule has 8 heteroatoms. The van der Waals surface area contributed by atoms with Gasteiger partial charge in [-0.15, -0.1) is 0 Å². The second-order valence-electron chi connectivity index (χ2n) is 5.78. The molecule has 3 rings (SSSR count). The number of hydrogen-bond acceptors (Lipinski definition) is 4. The second-order valence-corrected chi connectivity index (χ2v) is 5.78. The zero-order valence-corrected chi connectivity index (χ0v) is 14.0. The fraction of sp³-hybridized carbons (Fsp3) is 0.158. The summed E-state index contributed by atoms with van der Waals surface area (Å²) in [6.07, 6.45) is -5.37. The Morgan fingerprint density at radius 2 is 1.74 bits per heavy atom. The monoisotopic (exact) mass is 377 g/mol. The molecule has 0 fully saturated rings. The molecule has 0 saturated heterocycles. The van der Waals surface area contributed by atoms with Crippen molar-refractivity contribution in [1.29, 1.82) is 0 Å². The number of nitrogens with one attached hydrogen (secondary N) is 1. The average molecular weight is 377 g/mol. The van der Waals surface area contributed by atoms with Crippen molar-refractivity contribution in [2.24, 2.45) is 0 Å². The Morgan fingerprint density at radius 3 is 2.41 bits per heavy atom. The summed E-state index contributed by atoms with van der Waals surface area (Å²) in [5.41, 5.74) is -0.779. The third-order valence-corrected chi connectivity index (χ3v) is 3.76. The SMILES string of the molecule is C[C@H](Oc1ccc2ccc(=O)oc2c1)C(=O)Nc1ccc(C(F)(F)F)cc1. The van der Waals surface area contributed by atoms with Gasteiger partial charge in [-0.25, -0.2) is 4.79 Å². The molecule has 0 aliphatic carbocycles. The lowest BCUT2D eigenvalue weighted by Crippen LogP contribution is -2.30. The second kappa shape index (κ2) is 7.14. The molecule has 3 aromatic rings. The topological polar surface area (TPSA) is 68.5 Å². The number of carbonyl (C=O) groups excluding carboxylic acids is 1. The molecule has 0 aliphatic heterocycles. The van der Waals surface area contributed by atoms with Gasteiger partial charge in [-0.3, -0.25) is 4.79 Å². The molecule has 0 spiro atoms. The number of alkyl halides is 3. The summed E-state index contributed by atoms with van der Waals surface area (Å²) in [4.78, 5) is 23.5. The van der Waals surface area contributed by atoms with Gasteiger partial charge in [-0.2, -0.15) is 13.2 Å². The summed E-state index contributed by atoms with van der Waals surface area (Å²) in [6, 6.07) is 11.8. The Hall–Kier alpha value is -3.29. The first-order valence-corrected chi connectivity index (χ1v) is 7.91. The third kappa shape index (κ3) is 4.46. The number of hydrogen-bond donors (Lipinski definition) is 1. The molecule has 0 aliphatic rings. The van der Waals surface area contributed by atoms with Crippen LogP contribution in [-0.2, 0) is 11.0 Å². The van der Waals surface area contributed by atoms with Crippen LogP contribution in [0.4, 0.5) is 18.9 Å². The summed E-state index contributed by atoms with van der Waals surface area (Å²) in [6.45, 7) is 1.49. The number of rotatable bonds is 4. The van der Waals surface area contributed by atoms with Crippen LogP contribution >= 0.6 is 0 Å². The molecule has 1 heterocycles. The molecule has 27 heavy (non-hydrogen) atoms. The van der Waals surface area contributed by atoms with E-state index >= 15 is 0 Å². The molecular formula is C19H14F3NO4. The average Bonchev–Trinajstić information content (AvgIpc) is 2.61. The zero-order chi connectivity index (χ0) is 19.6. The van der Waals surface area contributed by atoms with Crippen molar-refractivity contribution in [2.45, 2.75) is 19.2 Å². The Morgan fingerprint density at radius 1 is 1.07 bits per heavy atom. The third-order valence-electron chi connectivity index (χ3n) is 3.76. The Kier molecular flexibility index (Phi) is 4.89. The van der Waals surface area contributed by atoms with E-state index in [0.717, 1.165) is 24.3 Å². The van der Waals surface area contributed by atoms with Crippen LogP contribution in [0.15, 0.2) is 63.8 Å². The van der Waals surface area contributed by atoms with Gasteiger partial charge in [0, 0.05) is 23.2 Å². The van der Waals surface area contributed by atoms with E-state index in [0.29, 0.717) is 16.7 Å². The molecule has 1 atom stereocenters. The smallest absolute Gasteiger partial charge is 0.416 e. The molecule has 1 amide bonds. The maximum atomic E-state index is 12.6. The summed E-state index contributed by atoms with van der Waals surface area (Å²) in [5.74, 6) is -0.226. The van der Waals surface area contributed by atoms with Gasteiger partial charge in [-0.05, 0) is 49.4 Å². The normalized spacial score (nSPS) is 12.6. The van der Waals surface area contributed by atoms with Gasteiger partial charge >= 0.3 is 11.8 Å². The van der Waals surface area contributed by atoms with E-state index in [-0.39, 0.29) is 5.69 Å². The highest BCUT2D eigenvalue weighted by atomic mass is 19.4. The van der Waals surface area contributed by atoms with Crippen molar-refractivity contribution < 1.29 is 27.1 Å². The van der Waals surface area contributed by atoms with Gasteiger partial charge in [0.05, 0.1) is 5.56 Å². The van der Waals surface area contributed by atoms with Gasteiger partial charge in [-0.1, -0.05) is 0 Å². The van der Waals surface area contributed by atoms with Gasteiger partial charge in [0.15, 0.2) is 6.10 Å². The largest absolute Gasteiger partial charge is 0.481 e. The van der Waals surface area contributed by atoms with Crippen LogP contribution in [0.5, 0.6) is 5.75 Å². The van der Waals surface area contributed by atoms with Crippen LogP contribution in [0.25, 0.3) is 11.0 Å². The van der Waals surface area contributed by atoms with Crippen molar-refractivity contribution in [1.82, 2.24) is 0 Å². The zero-order valence-electron chi connectivity index (χ0n) is 14.0. The lowest BCUT2D eigenvalue weighted by Gasteiger charge is -2.15. The summed E-state index contributed by atoms with van der Waals surface area (Å²) < 4.78 is 48.2. The highest BCUT2D eigenvalue weighted by Crippen LogP contribution is 2.30. The predicted octanol–water partition coefficient (Wildman–Crippen LogP) is 4.22. The minimum atomic E-state index is -4.44. The molecule has 1 aromatic heterocycles. The van der Waals surface area contributed by atoms with E-state index in [1.54, 1.807) is 18.2 Å². The summed E-state index contributed by atoms with van der Waals surface area (Å²) in [5, 5.41) is 3.18. The lowest BCUT2D eigenvalue weighted by atomic mass is 10.2. The molecule has 2 aromatic carbocycles.